The highest BCUT2D eigenvalue weighted by molar-refractivity contribution is 9.10. The Hall–Kier alpha value is -0.540. The Morgan fingerprint density at radius 2 is 2.06 bits per heavy atom. The number of rotatable bonds is 1. The molecule has 1 saturated heterocycles. The summed E-state index contributed by atoms with van der Waals surface area (Å²) in [4.78, 5) is 2.49. The van der Waals surface area contributed by atoms with Crippen LogP contribution < -0.4 is 4.74 Å². The molecule has 1 aromatic carbocycles. The lowest BCUT2D eigenvalue weighted by atomic mass is 10.0. The van der Waals surface area contributed by atoms with Gasteiger partial charge in [-0.05, 0) is 60.9 Å². The van der Waals surface area contributed by atoms with E-state index in [0.29, 0.717) is 0 Å². The summed E-state index contributed by atoms with van der Waals surface area (Å²) in [6.07, 6.45) is 5.61. The third kappa shape index (κ3) is 3.02. The Morgan fingerprint density at radius 3 is 2.41 bits per heavy atom. The number of hydrogen-bond acceptors (Lipinski definition) is 2. The molecule has 3 aliphatic rings. The molecule has 3 aliphatic heterocycles. The first-order chi connectivity index (χ1) is 8.22. The number of hydrogen-bond donors (Lipinski definition) is 0. The van der Waals surface area contributed by atoms with Crippen LogP contribution in [0.5, 0.6) is 11.5 Å². The lowest BCUT2D eigenvalue weighted by Crippen LogP contribution is -2.35. The molecule has 0 spiro atoms. The molecule has 3 heterocycles. The second-order valence-electron chi connectivity index (χ2n) is 4.71. The Kier molecular flexibility index (Phi) is 4.46. The van der Waals surface area contributed by atoms with Gasteiger partial charge in [-0.15, -0.1) is 0 Å². The summed E-state index contributed by atoms with van der Waals surface area (Å²) >= 11 is 3.34. The van der Waals surface area contributed by atoms with Gasteiger partial charge >= 0.3 is 0 Å². The maximum atomic E-state index is 5.09. The molecule has 1 aromatic rings. The van der Waals surface area contributed by atoms with Crippen LogP contribution in [0.15, 0.2) is 22.7 Å². The average molecular weight is 298 g/mol. The predicted molar refractivity (Wildman–Crippen MR) is 74.8 cm³/mol. The summed E-state index contributed by atoms with van der Waals surface area (Å²) in [6.45, 7) is 3.60. The summed E-state index contributed by atoms with van der Waals surface area (Å²) in [7, 11) is 2.24. The Bertz CT molecular complexity index is 360. The van der Waals surface area contributed by atoms with Crippen LogP contribution in [0.2, 0.25) is 0 Å². The fraction of sp³-hybridized carbons (Fsp3) is 0.571. The van der Waals surface area contributed by atoms with Gasteiger partial charge in [0, 0.05) is 6.04 Å². The van der Waals surface area contributed by atoms with E-state index in [1.54, 1.807) is 0 Å². The highest BCUT2D eigenvalue weighted by Crippen LogP contribution is 2.45. The van der Waals surface area contributed by atoms with Crippen molar-refractivity contribution in [1.82, 2.24) is 4.90 Å². The molecule has 1 atom stereocenters. The lowest BCUT2D eigenvalue weighted by molar-refractivity contribution is 0.181. The van der Waals surface area contributed by atoms with Crippen molar-refractivity contribution in [2.45, 2.75) is 38.6 Å². The summed E-state index contributed by atoms with van der Waals surface area (Å²) < 4.78 is 6.19. The average Bonchev–Trinajstić information content (AvgIpc) is 2.40. The maximum absolute atomic E-state index is 5.09. The summed E-state index contributed by atoms with van der Waals surface area (Å²) in [5.41, 5.74) is 0. The minimum Gasteiger partial charge on any atom is -0.455 e. The summed E-state index contributed by atoms with van der Waals surface area (Å²) in [5.74, 6) is 1.89. The highest BCUT2D eigenvalue weighted by Gasteiger charge is 2.17. The van der Waals surface area contributed by atoms with E-state index < -0.39 is 0 Å². The third-order valence-corrected chi connectivity index (χ3v) is 4.32. The molecule has 2 nitrogen and oxygen atoms in total. The van der Waals surface area contributed by atoms with Crippen molar-refractivity contribution in [3.8, 4) is 11.5 Å². The van der Waals surface area contributed by atoms with Gasteiger partial charge in [-0.3, -0.25) is 0 Å². The largest absolute Gasteiger partial charge is 0.455 e. The zero-order valence-electron chi connectivity index (χ0n) is 10.6. The molecule has 0 aromatic heterocycles. The first-order valence-corrected chi connectivity index (χ1v) is 7.18. The fourth-order valence-electron chi connectivity index (χ4n) is 2.38. The monoisotopic (exact) mass is 297 g/mol. The van der Waals surface area contributed by atoms with Crippen molar-refractivity contribution in [3.63, 3.8) is 0 Å². The Labute approximate surface area is 112 Å². The molecule has 4 rings (SSSR count). The van der Waals surface area contributed by atoms with Gasteiger partial charge in [0.2, 0.25) is 0 Å². The van der Waals surface area contributed by atoms with Gasteiger partial charge in [0.25, 0.3) is 0 Å². The van der Waals surface area contributed by atoms with E-state index in [2.05, 4.69) is 34.8 Å². The van der Waals surface area contributed by atoms with E-state index in [1.165, 1.54) is 32.2 Å². The summed E-state index contributed by atoms with van der Waals surface area (Å²) in [6, 6.07) is 6.71. The molecule has 1 unspecified atom stereocenters. The number of piperidine rings is 1. The van der Waals surface area contributed by atoms with Gasteiger partial charge in [-0.2, -0.15) is 0 Å². The molecule has 3 heteroatoms. The second-order valence-corrected chi connectivity index (χ2v) is 5.50. The second kappa shape index (κ2) is 5.87. The Morgan fingerprint density at radius 1 is 1.35 bits per heavy atom. The third-order valence-electron chi connectivity index (χ3n) is 3.54. The molecule has 0 saturated carbocycles. The number of ether oxygens (including phenoxy) is 1. The SMILES string of the molecule is Brc1c2cccc1O2.CCC1CCCCN1C. The van der Waals surface area contributed by atoms with Crippen molar-refractivity contribution in [1.29, 1.82) is 0 Å². The molecule has 0 amide bonds. The van der Waals surface area contributed by atoms with E-state index in [9.17, 15) is 0 Å². The molecule has 94 valence electrons. The molecule has 0 N–H and O–H groups in total. The van der Waals surface area contributed by atoms with E-state index >= 15 is 0 Å². The maximum Gasteiger partial charge on any atom is 0.145 e. The minimum absolute atomic E-state index is 0.888. The van der Waals surface area contributed by atoms with Crippen molar-refractivity contribution < 1.29 is 4.74 Å². The van der Waals surface area contributed by atoms with Crippen molar-refractivity contribution in [2.24, 2.45) is 0 Å². The minimum atomic E-state index is 0.888. The number of fused-ring (bicyclic) bond motifs is 2. The van der Waals surface area contributed by atoms with E-state index in [0.717, 1.165) is 22.0 Å². The van der Waals surface area contributed by atoms with Crippen molar-refractivity contribution >= 4 is 15.9 Å². The van der Waals surface area contributed by atoms with Crippen LogP contribution in [0.25, 0.3) is 0 Å². The molecular weight excluding hydrogens is 278 g/mol. The first kappa shape index (κ1) is 12.9. The lowest BCUT2D eigenvalue weighted by Gasteiger charge is -2.31. The van der Waals surface area contributed by atoms with E-state index in [4.69, 9.17) is 4.74 Å². The standard InChI is InChI=1S/C8H17N.C6H3BrO/c1-3-8-6-4-5-7-9(8)2;7-6-4-2-1-3-5(6)8-4/h8H,3-7H2,1-2H3;1-3H. The quantitative estimate of drug-likeness (QED) is 0.772. The fourth-order valence-corrected chi connectivity index (χ4v) is 2.81. The highest BCUT2D eigenvalue weighted by atomic mass is 79.9. The van der Waals surface area contributed by atoms with Crippen LogP contribution >= 0.6 is 15.9 Å². The molecule has 2 bridgehead atoms. The predicted octanol–water partition coefficient (Wildman–Crippen LogP) is 4.44. The number of likely N-dealkylation sites (tertiary alicyclic amines) is 1. The van der Waals surface area contributed by atoms with Gasteiger partial charge in [-0.25, -0.2) is 0 Å². The van der Waals surface area contributed by atoms with Crippen LogP contribution in [0.1, 0.15) is 32.6 Å². The Balaban J connectivity index is 0.000000127. The first-order valence-electron chi connectivity index (χ1n) is 6.39. The smallest absolute Gasteiger partial charge is 0.145 e. The van der Waals surface area contributed by atoms with Gasteiger partial charge < -0.3 is 9.64 Å². The topological polar surface area (TPSA) is 12.5 Å². The number of halogens is 1. The number of benzene rings is 1. The molecule has 17 heavy (non-hydrogen) atoms. The zero-order chi connectivity index (χ0) is 12.3. The summed E-state index contributed by atoms with van der Waals surface area (Å²) in [5, 5.41) is 0. The van der Waals surface area contributed by atoms with Crippen LogP contribution in [0.4, 0.5) is 0 Å². The molecule has 1 fully saturated rings. The van der Waals surface area contributed by atoms with Crippen LogP contribution in [0.3, 0.4) is 0 Å². The van der Waals surface area contributed by atoms with Gasteiger partial charge in [0.15, 0.2) is 0 Å². The van der Waals surface area contributed by atoms with Crippen LogP contribution in [-0.2, 0) is 0 Å². The number of nitrogens with zero attached hydrogens (tertiary/aromatic N) is 1. The van der Waals surface area contributed by atoms with E-state index in [1.807, 2.05) is 18.2 Å². The van der Waals surface area contributed by atoms with Gasteiger partial charge in [-0.1, -0.05) is 19.4 Å². The molecule has 0 radical (unpaired) electrons. The van der Waals surface area contributed by atoms with Crippen molar-refractivity contribution in [2.75, 3.05) is 13.6 Å². The zero-order valence-corrected chi connectivity index (χ0v) is 12.2. The normalized spacial score (nSPS) is 21.9. The molecule has 0 aliphatic carbocycles. The van der Waals surface area contributed by atoms with Crippen molar-refractivity contribution in [3.05, 3.63) is 22.7 Å². The van der Waals surface area contributed by atoms with Gasteiger partial charge in [0.05, 0.1) is 0 Å². The van der Waals surface area contributed by atoms with Gasteiger partial charge in [0.1, 0.15) is 16.0 Å². The van der Waals surface area contributed by atoms with Crippen LogP contribution in [0, 0.1) is 0 Å². The van der Waals surface area contributed by atoms with E-state index in [-0.39, 0.29) is 0 Å². The molecular formula is C14H20BrNO. The van der Waals surface area contributed by atoms with Crippen LogP contribution in [-0.4, -0.2) is 24.5 Å².